The largest absolute Gasteiger partial charge is 0.392 e. The van der Waals surface area contributed by atoms with Gasteiger partial charge in [-0.3, -0.25) is 0 Å². The van der Waals surface area contributed by atoms with Crippen LogP contribution >= 0.6 is 11.6 Å². The van der Waals surface area contributed by atoms with Crippen molar-refractivity contribution in [1.29, 1.82) is 0 Å². The Labute approximate surface area is 83.5 Å². The molecule has 0 saturated heterocycles. The van der Waals surface area contributed by atoms with Crippen LogP contribution in [0.2, 0.25) is 5.02 Å². The lowest BCUT2D eigenvalue weighted by Gasteiger charge is -2.09. The Balaban J connectivity index is 2.63. The molecule has 2 nitrogen and oxygen atoms in total. The number of hydrogen-bond donors (Lipinski definition) is 2. The lowest BCUT2D eigenvalue weighted by atomic mass is 10.2. The molecule has 0 amide bonds. The third-order valence-electron chi connectivity index (χ3n) is 1.77. The summed E-state index contributed by atoms with van der Waals surface area (Å²) in [6.07, 6.45) is -0.347. The van der Waals surface area contributed by atoms with Gasteiger partial charge >= 0.3 is 0 Å². The van der Waals surface area contributed by atoms with Crippen LogP contribution in [0.1, 0.15) is 12.5 Å². The summed E-state index contributed by atoms with van der Waals surface area (Å²) in [4.78, 5) is 0. The van der Waals surface area contributed by atoms with Gasteiger partial charge in [0.2, 0.25) is 0 Å². The van der Waals surface area contributed by atoms with Gasteiger partial charge in [-0.2, -0.15) is 0 Å². The summed E-state index contributed by atoms with van der Waals surface area (Å²) in [6.45, 7) is 4.24. The molecule has 0 radical (unpaired) electrons. The molecule has 0 aliphatic heterocycles. The predicted octanol–water partition coefficient (Wildman–Crippen LogP) is 2.44. The second-order valence-corrected chi connectivity index (χ2v) is 3.60. The number of aliphatic hydroxyl groups is 1. The topological polar surface area (TPSA) is 32.3 Å². The molecular weight excluding hydrogens is 186 g/mol. The molecule has 0 bridgehead atoms. The highest BCUT2D eigenvalue weighted by atomic mass is 35.5. The van der Waals surface area contributed by atoms with E-state index in [4.69, 9.17) is 16.7 Å². The van der Waals surface area contributed by atoms with E-state index in [1.54, 1.807) is 6.92 Å². The summed E-state index contributed by atoms with van der Waals surface area (Å²) in [5.74, 6) is 0. The van der Waals surface area contributed by atoms with Crippen LogP contribution in [-0.2, 0) is 0 Å². The molecule has 72 valence electrons. The highest BCUT2D eigenvalue weighted by molar-refractivity contribution is 6.31. The van der Waals surface area contributed by atoms with Gasteiger partial charge in [-0.05, 0) is 31.5 Å². The van der Waals surface area contributed by atoms with Gasteiger partial charge < -0.3 is 10.4 Å². The minimum Gasteiger partial charge on any atom is -0.392 e. The van der Waals surface area contributed by atoms with E-state index >= 15 is 0 Å². The quantitative estimate of drug-likeness (QED) is 0.784. The minimum absolute atomic E-state index is 0.347. The number of aryl methyl sites for hydroxylation is 1. The SMILES string of the molecule is Cc1ccc(NC[C@H](C)O)cc1Cl. The van der Waals surface area contributed by atoms with Crippen LogP contribution in [0, 0.1) is 6.92 Å². The van der Waals surface area contributed by atoms with Crippen molar-refractivity contribution in [2.45, 2.75) is 20.0 Å². The summed E-state index contributed by atoms with van der Waals surface area (Å²) in [6, 6.07) is 5.76. The van der Waals surface area contributed by atoms with Crippen molar-refractivity contribution in [2.24, 2.45) is 0 Å². The van der Waals surface area contributed by atoms with Gasteiger partial charge in [0, 0.05) is 17.3 Å². The smallest absolute Gasteiger partial charge is 0.0684 e. The second-order valence-electron chi connectivity index (χ2n) is 3.19. The molecular formula is C10H14ClNO. The van der Waals surface area contributed by atoms with Crippen molar-refractivity contribution in [3.63, 3.8) is 0 Å². The number of halogens is 1. The monoisotopic (exact) mass is 199 g/mol. The maximum absolute atomic E-state index is 9.04. The fourth-order valence-corrected chi connectivity index (χ4v) is 1.15. The molecule has 1 rings (SSSR count). The Kier molecular flexibility index (Phi) is 3.58. The van der Waals surface area contributed by atoms with E-state index in [0.29, 0.717) is 6.54 Å². The highest BCUT2D eigenvalue weighted by Crippen LogP contribution is 2.19. The number of rotatable bonds is 3. The Morgan fingerprint density at radius 3 is 2.77 bits per heavy atom. The molecule has 13 heavy (non-hydrogen) atoms. The molecule has 0 aromatic heterocycles. The van der Waals surface area contributed by atoms with E-state index in [2.05, 4.69) is 5.32 Å². The van der Waals surface area contributed by atoms with Gasteiger partial charge in [-0.15, -0.1) is 0 Å². The predicted molar refractivity (Wildman–Crippen MR) is 56.4 cm³/mol. The average Bonchev–Trinajstić information content (AvgIpc) is 2.07. The van der Waals surface area contributed by atoms with Gasteiger partial charge in [0.1, 0.15) is 0 Å². The van der Waals surface area contributed by atoms with E-state index in [1.807, 2.05) is 25.1 Å². The van der Waals surface area contributed by atoms with Crippen LogP contribution in [0.25, 0.3) is 0 Å². The number of anilines is 1. The second kappa shape index (κ2) is 4.49. The molecule has 1 aromatic rings. The van der Waals surface area contributed by atoms with Crippen molar-refractivity contribution >= 4 is 17.3 Å². The highest BCUT2D eigenvalue weighted by Gasteiger charge is 1.98. The first-order valence-electron chi connectivity index (χ1n) is 4.27. The summed E-state index contributed by atoms with van der Waals surface area (Å²) in [5, 5.41) is 12.9. The third-order valence-corrected chi connectivity index (χ3v) is 2.18. The van der Waals surface area contributed by atoms with Crippen LogP contribution in [0.4, 0.5) is 5.69 Å². The van der Waals surface area contributed by atoms with E-state index in [-0.39, 0.29) is 6.10 Å². The normalized spacial score (nSPS) is 12.6. The van der Waals surface area contributed by atoms with Crippen LogP contribution in [-0.4, -0.2) is 17.8 Å². The summed E-state index contributed by atoms with van der Waals surface area (Å²) < 4.78 is 0. The van der Waals surface area contributed by atoms with Crippen LogP contribution in [0.15, 0.2) is 18.2 Å². The zero-order chi connectivity index (χ0) is 9.84. The average molecular weight is 200 g/mol. The van der Waals surface area contributed by atoms with Crippen molar-refractivity contribution < 1.29 is 5.11 Å². The van der Waals surface area contributed by atoms with Crippen molar-refractivity contribution in [2.75, 3.05) is 11.9 Å². The first-order chi connectivity index (χ1) is 6.09. The molecule has 0 fully saturated rings. The van der Waals surface area contributed by atoms with Crippen molar-refractivity contribution in [3.05, 3.63) is 28.8 Å². The molecule has 0 aliphatic carbocycles. The number of nitrogens with one attached hydrogen (secondary N) is 1. The third kappa shape index (κ3) is 3.25. The Morgan fingerprint density at radius 2 is 2.23 bits per heavy atom. The lowest BCUT2D eigenvalue weighted by Crippen LogP contribution is -2.15. The molecule has 3 heteroatoms. The number of benzene rings is 1. The number of aliphatic hydroxyl groups excluding tert-OH is 1. The Morgan fingerprint density at radius 1 is 1.54 bits per heavy atom. The Bertz CT molecular complexity index is 286. The fourth-order valence-electron chi connectivity index (χ4n) is 0.968. The zero-order valence-corrected chi connectivity index (χ0v) is 8.60. The van der Waals surface area contributed by atoms with Gasteiger partial charge in [-0.25, -0.2) is 0 Å². The van der Waals surface area contributed by atoms with Gasteiger partial charge in [0.15, 0.2) is 0 Å². The van der Waals surface area contributed by atoms with Crippen molar-refractivity contribution in [3.8, 4) is 0 Å². The standard InChI is InChI=1S/C10H14ClNO/c1-7-3-4-9(5-10(7)11)12-6-8(2)13/h3-5,8,12-13H,6H2,1-2H3/t8-/m0/s1. The van der Waals surface area contributed by atoms with E-state index < -0.39 is 0 Å². The zero-order valence-electron chi connectivity index (χ0n) is 7.84. The molecule has 0 saturated carbocycles. The van der Waals surface area contributed by atoms with Gasteiger partial charge in [0.05, 0.1) is 6.10 Å². The molecule has 0 heterocycles. The molecule has 0 aliphatic rings. The summed E-state index contributed by atoms with van der Waals surface area (Å²) in [5.41, 5.74) is 2.00. The minimum atomic E-state index is -0.347. The van der Waals surface area contributed by atoms with Crippen LogP contribution in [0.5, 0.6) is 0 Å². The maximum atomic E-state index is 9.04. The molecule has 0 spiro atoms. The van der Waals surface area contributed by atoms with E-state index in [1.165, 1.54) is 0 Å². The summed E-state index contributed by atoms with van der Waals surface area (Å²) >= 11 is 5.93. The van der Waals surface area contributed by atoms with Crippen molar-refractivity contribution in [1.82, 2.24) is 0 Å². The summed E-state index contributed by atoms with van der Waals surface area (Å²) in [7, 11) is 0. The number of hydrogen-bond acceptors (Lipinski definition) is 2. The van der Waals surface area contributed by atoms with Gasteiger partial charge in [-0.1, -0.05) is 17.7 Å². The Hall–Kier alpha value is -0.730. The molecule has 1 atom stereocenters. The first-order valence-corrected chi connectivity index (χ1v) is 4.65. The van der Waals surface area contributed by atoms with Gasteiger partial charge in [0.25, 0.3) is 0 Å². The van der Waals surface area contributed by atoms with E-state index in [9.17, 15) is 0 Å². The molecule has 1 aromatic carbocycles. The fraction of sp³-hybridized carbons (Fsp3) is 0.400. The first kappa shape index (κ1) is 10.4. The van der Waals surface area contributed by atoms with E-state index in [0.717, 1.165) is 16.3 Å². The molecule has 0 unspecified atom stereocenters. The van der Waals surface area contributed by atoms with Crippen LogP contribution in [0.3, 0.4) is 0 Å². The van der Waals surface area contributed by atoms with Crippen LogP contribution < -0.4 is 5.32 Å². The lowest BCUT2D eigenvalue weighted by molar-refractivity contribution is 0.208. The molecule has 2 N–H and O–H groups in total. The maximum Gasteiger partial charge on any atom is 0.0684 e.